The summed E-state index contributed by atoms with van der Waals surface area (Å²) in [5.74, 6) is -1.36. The number of alkyl carbamates (subject to hydrolysis) is 1. The lowest BCUT2D eigenvalue weighted by Crippen LogP contribution is -2.50. The molecule has 0 radical (unpaired) electrons. The van der Waals surface area contributed by atoms with Crippen LogP contribution in [0, 0.1) is 0 Å². The van der Waals surface area contributed by atoms with Crippen molar-refractivity contribution < 1.29 is 23.9 Å². The third kappa shape index (κ3) is 8.95. The molecule has 0 bridgehead atoms. The molecule has 1 aromatic carbocycles. The maximum Gasteiger partial charge on any atom is 0.408 e. The van der Waals surface area contributed by atoms with E-state index in [0.29, 0.717) is 0 Å². The molecule has 0 spiro atoms. The standard InChI is InChI=1S/C17H23ClN2O5/c1-17(2,3)25-16(23)20-13(9-18)15(22)19-10-14(21)24-11-12-7-5-4-6-8-12/h4-8,13H,9-11H2,1-3H3,(H,19,22)(H,20,23). The fraction of sp³-hybridized carbons (Fsp3) is 0.471. The topological polar surface area (TPSA) is 93.7 Å². The summed E-state index contributed by atoms with van der Waals surface area (Å²) in [6, 6.07) is 8.14. The van der Waals surface area contributed by atoms with Gasteiger partial charge in [-0.15, -0.1) is 11.6 Å². The number of hydrogen-bond donors (Lipinski definition) is 2. The zero-order chi connectivity index (χ0) is 18.9. The number of ether oxygens (including phenoxy) is 2. The molecule has 8 heteroatoms. The molecule has 1 aromatic rings. The minimum Gasteiger partial charge on any atom is -0.460 e. The van der Waals surface area contributed by atoms with Gasteiger partial charge in [-0.25, -0.2) is 4.79 Å². The Morgan fingerprint density at radius 1 is 1.16 bits per heavy atom. The summed E-state index contributed by atoms with van der Waals surface area (Å²) in [6.07, 6.45) is -0.764. The van der Waals surface area contributed by atoms with Crippen LogP contribution in [0.25, 0.3) is 0 Å². The van der Waals surface area contributed by atoms with Gasteiger partial charge in [-0.05, 0) is 26.3 Å². The first-order chi connectivity index (χ1) is 11.7. The molecule has 1 unspecified atom stereocenters. The van der Waals surface area contributed by atoms with E-state index in [9.17, 15) is 14.4 Å². The molecule has 2 N–H and O–H groups in total. The Morgan fingerprint density at radius 3 is 2.36 bits per heavy atom. The van der Waals surface area contributed by atoms with Crippen LogP contribution in [0.15, 0.2) is 30.3 Å². The van der Waals surface area contributed by atoms with E-state index in [4.69, 9.17) is 21.1 Å². The first kappa shape index (κ1) is 20.8. The van der Waals surface area contributed by atoms with Crippen LogP contribution in [0.4, 0.5) is 4.79 Å². The molecular weight excluding hydrogens is 348 g/mol. The van der Waals surface area contributed by atoms with Crippen LogP contribution < -0.4 is 10.6 Å². The molecule has 0 saturated carbocycles. The minimum atomic E-state index is -1.02. The van der Waals surface area contributed by atoms with Crippen LogP contribution in [-0.4, -0.2) is 42.0 Å². The zero-order valence-electron chi connectivity index (χ0n) is 14.5. The third-order valence-corrected chi connectivity index (χ3v) is 3.12. The number of carbonyl (C=O) groups excluding carboxylic acids is 3. The molecule has 0 saturated heterocycles. The van der Waals surface area contributed by atoms with Crippen molar-refractivity contribution in [3.8, 4) is 0 Å². The molecule has 0 aliphatic heterocycles. The minimum absolute atomic E-state index is 0.116. The van der Waals surface area contributed by atoms with Crippen LogP contribution >= 0.6 is 11.6 Å². The van der Waals surface area contributed by atoms with Gasteiger partial charge in [-0.2, -0.15) is 0 Å². The third-order valence-electron chi connectivity index (χ3n) is 2.81. The van der Waals surface area contributed by atoms with Crippen molar-refractivity contribution in [2.45, 2.75) is 39.0 Å². The number of amides is 2. The van der Waals surface area contributed by atoms with Crippen molar-refractivity contribution in [3.63, 3.8) is 0 Å². The molecule has 25 heavy (non-hydrogen) atoms. The Morgan fingerprint density at radius 2 is 1.80 bits per heavy atom. The van der Waals surface area contributed by atoms with Gasteiger partial charge in [0, 0.05) is 0 Å². The summed E-state index contributed by atoms with van der Waals surface area (Å²) < 4.78 is 10.1. The van der Waals surface area contributed by atoms with E-state index in [0.717, 1.165) is 5.56 Å². The molecule has 0 aliphatic rings. The fourth-order valence-corrected chi connectivity index (χ4v) is 1.91. The highest BCUT2D eigenvalue weighted by Gasteiger charge is 2.24. The second-order valence-electron chi connectivity index (χ2n) is 6.22. The molecule has 1 atom stereocenters. The van der Waals surface area contributed by atoms with Gasteiger partial charge >= 0.3 is 12.1 Å². The zero-order valence-corrected chi connectivity index (χ0v) is 15.3. The van der Waals surface area contributed by atoms with E-state index >= 15 is 0 Å². The summed E-state index contributed by atoms with van der Waals surface area (Å²) in [6.45, 7) is 4.89. The van der Waals surface area contributed by atoms with Gasteiger partial charge in [-0.3, -0.25) is 9.59 Å². The molecule has 0 aliphatic carbocycles. The summed E-state index contributed by atoms with van der Waals surface area (Å²) in [7, 11) is 0. The number of nitrogens with one attached hydrogen (secondary N) is 2. The van der Waals surface area contributed by atoms with Crippen LogP contribution in [0.3, 0.4) is 0 Å². The van der Waals surface area contributed by atoms with Crippen molar-refractivity contribution in [3.05, 3.63) is 35.9 Å². The van der Waals surface area contributed by atoms with E-state index in [-0.39, 0.29) is 19.0 Å². The Labute approximate surface area is 152 Å². The smallest absolute Gasteiger partial charge is 0.408 e. The molecule has 1 rings (SSSR count). The van der Waals surface area contributed by atoms with E-state index < -0.39 is 29.6 Å². The largest absolute Gasteiger partial charge is 0.460 e. The number of esters is 1. The molecule has 2 amide bonds. The highest BCUT2D eigenvalue weighted by molar-refractivity contribution is 6.20. The molecule has 7 nitrogen and oxygen atoms in total. The number of rotatable bonds is 7. The highest BCUT2D eigenvalue weighted by Crippen LogP contribution is 2.07. The summed E-state index contributed by atoms with van der Waals surface area (Å²) in [5.41, 5.74) is 0.144. The predicted octanol–water partition coefficient (Wildman–Crippen LogP) is 1.98. The van der Waals surface area contributed by atoms with Gasteiger partial charge < -0.3 is 20.1 Å². The van der Waals surface area contributed by atoms with E-state index in [1.54, 1.807) is 20.8 Å². The van der Waals surface area contributed by atoms with Gasteiger partial charge in [-0.1, -0.05) is 30.3 Å². The van der Waals surface area contributed by atoms with Crippen LogP contribution in [0.5, 0.6) is 0 Å². The summed E-state index contributed by atoms with van der Waals surface area (Å²) >= 11 is 5.69. The fourth-order valence-electron chi connectivity index (χ4n) is 1.70. The molecule has 0 heterocycles. The first-order valence-electron chi connectivity index (χ1n) is 7.74. The number of alkyl halides is 1. The summed E-state index contributed by atoms with van der Waals surface area (Å²) in [4.78, 5) is 35.3. The normalized spacial score (nSPS) is 12.0. The molecular formula is C17H23ClN2O5. The van der Waals surface area contributed by atoms with Crippen LogP contribution in [0.1, 0.15) is 26.3 Å². The highest BCUT2D eigenvalue weighted by atomic mass is 35.5. The Hall–Kier alpha value is -2.28. The second kappa shape index (κ2) is 9.88. The average molecular weight is 371 g/mol. The maximum absolute atomic E-state index is 12.0. The van der Waals surface area contributed by atoms with Crippen molar-refractivity contribution in [1.82, 2.24) is 10.6 Å². The quantitative estimate of drug-likeness (QED) is 0.565. The molecule has 0 aromatic heterocycles. The Balaban J connectivity index is 2.37. The molecule has 138 valence electrons. The number of hydrogen-bond acceptors (Lipinski definition) is 5. The van der Waals surface area contributed by atoms with Gasteiger partial charge in [0.05, 0.1) is 5.88 Å². The molecule has 0 fully saturated rings. The Bertz CT molecular complexity index is 586. The van der Waals surface area contributed by atoms with Gasteiger partial charge in [0.2, 0.25) is 5.91 Å². The van der Waals surface area contributed by atoms with Crippen LogP contribution in [-0.2, 0) is 25.7 Å². The Kier molecular flexibility index (Phi) is 8.21. The number of halogens is 1. The lowest BCUT2D eigenvalue weighted by Gasteiger charge is -2.22. The second-order valence-corrected chi connectivity index (χ2v) is 6.53. The van der Waals surface area contributed by atoms with Crippen LogP contribution in [0.2, 0.25) is 0 Å². The van der Waals surface area contributed by atoms with Gasteiger partial charge in [0.1, 0.15) is 24.8 Å². The van der Waals surface area contributed by atoms with Crippen molar-refractivity contribution in [1.29, 1.82) is 0 Å². The van der Waals surface area contributed by atoms with E-state index in [2.05, 4.69) is 10.6 Å². The van der Waals surface area contributed by atoms with E-state index in [1.807, 2.05) is 30.3 Å². The SMILES string of the molecule is CC(C)(C)OC(=O)NC(CCl)C(=O)NCC(=O)OCc1ccccc1. The predicted molar refractivity (Wildman–Crippen MR) is 93.1 cm³/mol. The summed E-state index contributed by atoms with van der Waals surface area (Å²) in [5, 5.41) is 4.72. The lowest BCUT2D eigenvalue weighted by molar-refractivity contribution is -0.145. The maximum atomic E-state index is 12.0. The number of carbonyl (C=O) groups is 3. The van der Waals surface area contributed by atoms with Crippen molar-refractivity contribution in [2.75, 3.05) is 12.4 Å². The van der Waals surface area contributed by atoms with Crippen molar-refractivity contribution in [2.24, 2.45) is 0 Å². The van der Waals surface area contributed by atoms with Crippen molar-refractivity contribution >= 4 is 29.6 Å². The lowest BCUT2D eigenvalue weighted by atomic mass is 10.2. The average Bonchev–Trinajstić information content (AvgIpc) is 2.55. The monoisotopic (exact) mass is 370 g/mol. The van der Waals surface area contributed by atoms with E-state index in [1.165, 1.54) is 0 Å². The first-order valence-corrected chi connectivity index (χ1v) is 8.27. The van der Waals surface area contributed by atoms with Gasteiger partial charge in [0.15, 0.2) is 0 Å². The number of benzene rings is 1. The van der Waals surface area contributed by atoms with Gasteiger partial charge in [0.25, 0.3) is 0 Å².